The Balaban J connectivity index is 1.96. The van der Waals surface area contributed by atoms with Crippen molar-refractivity contribution in [1.82, 2.24) is 9.88 Å². The highest BCUT2D eigenvalue weighted by Crippen LogP contribution is 2.20. The van der Waals surface area contributed by atoms with Gasteiger partial charge in [0.05, 0.1) is 23.3 Å². The lowest BCUT2D eigenvalue weighted by molar-refractivity contribution is -0.0585. The van der Waals surface area contributed by atoms with Gasteiger partial charge in [-0.2, -0.15) is 0 Å². The third-order valence-electron chi connectivity index (χ3n) is 3.59. The van der Waals surface area contributed by atoms with Crippen LogP contribution in [0, 0.1) is 0 Å². The molecule has 1 amide bonds. The maximum atomic E-state index is 12.7. The molecule has 104 valence electrons. The molecule has 0 saturated carbocycles. The maximum absolute atomic E-state index is 12.7. The Bertz CT molecular complexity index is 626. The maximum Gasteiger partial charge on any atom is 0.254 e. The lowest BCUT2D eigenvalue weighted by Crippen LogP contribution is -2.48. The summed E-state index contributed by atoms with van der Waals surface area (Å²) in [5, 5.41) is 0.909. The van der Waals surface area contributed by atoms with Crippen LogP contribution in [0.5, 0.6) is 0 Å². The lowest BCUT2D eigenvalue weighted by Gasteiger charge is -2.35. The van der Waals surface area contributed by atoms with E-state index < -0.39 is 0 Å². The highest BCUT2D eigenvalue weighted by Gasteiger charge is 2.27. The number of carbonyl (C=O) groups excluding carboxylic acids is 1. The molecule has 1 aromatic heterocycles. The first-order valence-corrected chi connectivity index (χ1v) is 6.93. The number of hydrogen-bond donors (Lipinski definition) is 0. The number of rotatable bonds is 1. The fourth-order valence-corrected chi connectivity index (χ4v) is 2.80. The first-order valence-electron chi connectivity index (χ1n) is 6.93. The van der Waals surface area contributed by atoms with Crippen molar-refractivity contribution in [1.29, 1.82) is 0 Å². The summed E-state index contributed by atoms with van der Waals surface area (Å²) in [7, 11) is 0. The summed E-state index contributed by atoms with van der Waals surface area (Å²) in [6.45, 7) is 5.28. The van der Waals surface area contributed by atoms with Crippen LogP contribution < -0.4 is 0 Å². The quantitative estimate of drug-likeness (QED) is 0.799. The van der Waals surface area contributed by atoms with Crippen molar-refractivity contribution in [3.05, 3.63) is 42.1 Å². The number of ether oxygens (including phenoxy) is 1. The van der Waals surface area contributed by atoms with Crippen molar-refractivity contribution >= 4 is 16.8 Å². The molecule has 0 aliphatic carbocycles. The lowest BCUT2D eigenvalue weighted by atomic mass is 10.1. The molecule has 0 radical (unpaired) electrons. The Morgan fingerprint density at radius 3 is 2.65 bits per heavy atom. The van der Waals surface area contributed by atoms with Crippen LogP contribution in [0.4, 0.5) is 0 Å². The van der Waals surface area contributed by atoms with Gasteiger partial charge in [0.25, 0.3) is 5.91 Å². The van der Waals surface area contributed by atoms with Crippen LogP contribution in [-0.2, 0) is 4.74 Å². The number of pyridine rings is 1. The highest BCUT2D eigenvalue weighted by molar-refractivity contribution is 6.06. The van der Waals surface area contributed by atoms with Crippen molar-refractivity contribution < 1.29 is 9.53 Å². The predicted octanol–water partition coefficient (Wildman–Crippen LogP) is 2.48. The van der Waals surface area contributed by atoms with Gasteiger partial charge in [-0.15, -0.1) is 0 Å². The molecule has 4 nitrogen and oxygen atoms in total. The minimum Gasteiger partial charge on any atom is -0.372 e. The SMILES string of the molecule is CC1CN(C(=O)c2ccnc3ccccc23)CC(C)O1. The molecule has 1 aromatic carbocycles. The van der Waals surface area contributed by atoms with Crippen LogP contribution >= 0.6 is 0 Å². The molecule has 2 heterocycles. The van der Waals surface area contributed by atoms with Crippen molar-refractivity contribution in [3.8, 4) is 0 Å². The van der Waals surface area contributed by atoms with Crippen LogP contribution in [0.2, 0.25) is 0 Å². The molecule has 4 heteroatoms. The summed E-state index contributed by atoms with van der Waals surface area (Å²) in [4.78, 5) is 18.9. The van der Waals surface area contributed by atoms with E-state index in [1.165, 1.54) is 0 Å². The molecule has 2 unspecified atom stereocenters. The second-order valence-electron chi connectivity index (χ2n) is 5.34. The van der Waals surface area contributed by atoms with E-state index in [1.54, 1.807) is 12.3 Å². The first kappa shape index (κ1) is 13.1. The van der Waals surface area contributed by atoms with E-state index in [2.05, 4.69) is 4.98 Å². The van der Waals surface area contributed by atoms with Gasteiger partial charge in [-0.05, 0) is 26.0 Å². The molecule has 1 aliphatic heterocycles. The minimum absolute atomic E-state index is 0.0607. The highest BCUT2D eigenvalue weighted by atomic mass is 16.5. The van der Waals surface area contributed by atoms with Gasteiger partial charge in [0, 0.05) is 24.7 Å². The number of amides is 1. The van der Waals surface area contributed by atoms with Gasteiger partial charge in [-0.25, -0.2) is 0 Å². The Morgan fingerprint density at radius 1 is 1.20 bits per heavy atom. The Kier molecular flexibility index (Phi) is 3.40. The van der Waals surface area contributed by atoms with Crippen LogP contribution in [0.1, 0.15) is 24.2 Å². The number of aromatic nitrogens is 1. The van der Waals surface area contributed by atoms with Crippen molar-refractivity contribution in [2.75, 3.05) is 13.1 Å². The normalized spacial score (nSPS) is 23.0. The van der Waals surface area contributed by atoms with E-state index in [-0.39, 0.29) is 18.1 Å². The third kappa shape index (κ3) is 2.39. The fourth-order valence-electron chi connectivity index (χ4n) is 2.80. The van der Waals surface area contributed by atoms with Gasteiger partial charge >= 0.3 is 0 Å². The number of benzene rings is 1. The minimum atomic E-state index is 0.0607. The average Bonchev–Trinajstić information content (AvgIpc) is 2.45. The summed E-state index contributed by atoms with van der Waals surface area (Å²) in [6, 6.07) is 9.54. The van der Waals surface area contributed by atoms with Crippen molar-refractivity contribution in [3.63, 3.8) is 0 Å². The monoisotopic (exact) mass is 270 g/mol. The van der Waals surface area contributed by atoms with Crippen LogP contribution in [0.25, 0.3) is 10.9 Å². The molecule has 1 aliphatic rings. The Hall–Kier alpha value is -1.94. The molecule has 0 N–H and O–H groups in total. The van der Waals surface area contributed by atoms with Crippen molar-refractivity contribution in [2.24, 2.45) is 0 Å². The number of para-hydroxylation sites is 1. The molecule has 3 rings (SSSR count). The van der Waals surface area contributed by atoms with Gasteiger partial charge in [0.2, 0.25) is 0 Å². The van der Waals surface area contributed by atoms with Crippen LogP contribution in [0.3, 0.4) is 0 Å². The molecule has 2 atom stereocenters. The summed E-state index contributed by atoms with van der Waals surface area (Å²) in [5.74, 6) is 0.0607. The summed E-state index contributed by atoms with van der Waals surface area (Å²) in [6.07, 6.45) is 1.86. The zero-order valence-electron chi connectivity index (χ0n) is 11.7. The molecular weight excluding hydrogens is 252 g/mol. The smallest absolute Gasteiger partial charge is 0.254 e. The molecule has 1 saturated heterocycles. The summed E-state index contributed by atoms with van der Waals surface area (Å²) < 4.78 is 5.68. The molecule has 1 fully saturated rings. The first-order chi connectivity index (χ1) is 9.65. The van der Waals surface area contributed by atoms with Gasteiger partial charge < -0.3 is 9.64 Å². The second kappa shape index (κ2) is 5.21. The van der Waals surface area contributed by atoms with Gasteiger partial charge in [-0.3, -0.25) is 9.78 Å². The van der Waals surface area contributed by atoms with E-state index in [1.807, 2.05) is 43.0 Å². The molecular formula is C16H18N2O2. The second-order valence-corrected chi connectivity index (χ2v) is 5.34. The Morgan fingerprint density at radius 2 is 1.90 bits per heavy atom. The van der Waals surface area contributed by atoms with Gasteiger partial charge in [-0.1, -0.05) is 18.2 Å². The van der Waals surface area contributed by atoms with Crippen molar-refractivity contribution in [2.45, 2.75) is 26.1 Å². The Labute approximate surface area is 118 Å². The average molecular weight is 270 g/mol. The van der Waals surface area contributed by atoms with E-state index in [0.29, 0.717) is 13.1 Å². The zero-order chi connectivity index (χ0) is 14.1. The third-order valence-corrected chi connectivity index (χ3v) is 3.59. The van der Waals surface area contributed by atoms with Gasteiger partial charge in [0.15, 0.2) is 0 Å². The number of carbonyl (C=O) groups is 1. The largest absolute Gasteiger partial charge is 0.372 e. The van der Waals surface area contributed by atoms with E-state index >= 15 is 0 Å². The predicted molar refractivity (Wildman–Crippen MR) is 77.7 cm³/mol. The van der Waals surface area contributed by atoms with E-state index in [4.69, 9.17) is 4.74 Å². The standard InChI is InChI=1S/C16H18N2O2/c1-11-9-18(10-12(2)20-11)16(19)14-7-8-17-15-6-4-3-5-13(14)15/h3-8,11-12H,9-10H2,1-2H3. The fraction of sp³-hybridized carbons (Fsp3) is 0.375. The molecule has 20 heavy (non-hydrogen) atoms. The summed E-state index contributed by atoms with van der Waals surface area (Å²) in [5.41, 5.74) is 1.57. The topological polar surface area (TPSA) is 42.4 Å². The van der Waals surface area contributed by atoms with Crippen LogP contribution in [0.15, 0.2) is 36.5 Å². The molecule has 2 aromatic rings. The number of nitrogens with zero attached hydrogens (tertiary/aromatic N) is 2. The molecule has 0 spiro atoms. The molecule has 0 bridgehead atoms. The number of morpholine rings is 1. The zero-order valence-corrected chi connectivity index (χ0v) is 11.7. The van der Waals surface area contributed by atoms with Crippen LogP contribution in [-0.4, -0.2) is 41.1 Å². The number of fused-ring (bicyclic) bond motifs is 1. The number of hydrogen-bond acceptors (Lipinski definition) is 3. The van der Waals surface area contributed by atoms with E-state index in [0.717, 1.165) is 16.5 Å². The van der Waals surface area contributed by atoms with Gasteiger partial charge in [0.1, 0.15) is 0 Å². The van der Waals surface area contributed by atoms with E-state index in [9.17, 15) is 4.79 Å². The summed E-state index contributed by atoms with van der Waals surface area (Å²) >= 11 is 0.